The second-order valence-corrected chi connectivity index (χ2v) is 3.35. The van der Waals surface area contributed by atoms with Crippen molar-refractivity contribution in [2.45, 2.75) is 33.2 Å². The van der Waals surface area contributed by atoms with Gasteiger partial charge in [0.05, 0.1) is 6.61 Å². The van der Waals surface area contributed by atoms with Crippen molar-refractivity contribution in [3.8, 4) is 0 Å². The molecule has 0 saturated heterocycles. The SMILES string of the molecule is CCNN(C)C(C)(C)C(=O)OCC. The van der Waals surface area contributed by atoms with Crippen LogP contribution in [0.25, 0.3) is 0 Å². The molecule has 4 nitrogen and oxygen atoms in total. The molecule has 0 amide bonds. The van der Waals surface area contributed by atoms with Crippen molar-refractivity contribution >= 4 is 5.97 Å². The van der Waals surface area contributed by atoms with Crippen molar-refractivity contribution in [2.24, 2.45) is 0 Å². The lowest BCUT2D eigenvalue weighted by Gasteiger charge is -2.32. The summed E-state index contributed by atoms with van der Waals surface area (Å²) in [6.45, 7) is 8.65. The van der Waals surface area contributed by atoms with Gasteiger partial charge in [0.25, 0.3) is 0 Å². The number of carbonyl (C=O) groups excluding carboxylic acids is 1. The number of carbonyl (C=O) groups is 1. The quantitative estimate of drug-likeness (QED) is 0.511. The van der Waals surface area contributed by atoms with E-state index in [9.17, 15) is 4.79 Å². The molecule has 0 radical (unpaired) electrons. The van der Waals surface area contributed by atoms with Crippen LogP contribution in [-0.2, 0) is 9.53 Å². The summed E-state index contributed by atoms with van der Waals surface area (Å²) in [5, 5.41) is 1.77. The highest BCUT2D eigenvalue weighted by Crippen LogP contribution is 2.11. The van der Waals surface area contributed by atoms with Crippen LogP contribution >= 0.6 is 0 Å². The summed E-state index contributed by atoms with van der Waals surface area (Å²) < 4.78 is 4.95. The highest BCUT2D eigenvalue weighted by atomic mass is 16.5. The van der Waals surface area contributed by atoms with E-state index in [2.05, 4.69) is 5.43 Å². The zero-order chi connectivity index (χ0) is 10.5. The molecule has 1 N–H and O–H groups in total. The van der Waals surface area contributed by atoms with Crippen LogP contribution in [-0.4, -0.2) is 36.7 Å². The summed E-state index contributed by atoms with van der Waals surface area (Å²) in [7, 11) is 1.83. The fourth-order valence-electron chi connectivity index (χ4n) is 0.879. The number of esters is 1. The van der Waals surface area contributed by atoms with Gasteiger partial charge in [0.15, 0.2) is 0 Å². The molecule has 0 heterocycles. The fourth-order valence-corrected chi connectivity index (χ4v) is 0.879. The zero-order valence-corrected chi connectivity index (χ0v) is 9.18. The predicted octanol–water partition coefficient (Wildman–Crippen LogP) is 0.784. The first-order chi connectivity index (χ1) is 5.96. The molecule has 0 unspecified atom stereocenters. The lowest BCUT2D eigenvalue weighted by Crippen LogP contribution is -2.55. The fraction of sp³-hybridized carbons (Fsp3) is 0.889. The highest BCUT2D eigenvalue weighted by molar-refractivity contribution is 5.79. The Morgan fingerprint density at radius 1 is 1.46 bits per heavy atom. The molecule has 4 heteroatoms. The molecular weight excluding hydrogens is 168 g/mol. The van der Waals surface area contributed by atoms with Gasteiger partial charge in [-0.2, -0.15) is 0 Å². The Kier molecular flexibility index (Phi) is 4.95. The Hall–Kier alpha value is -0.610. The topological polar surface area (TPSA) is 41.6 Å². The summed E-state index contributed by atoms with van der Waals surface area (Å²) in [5.41, 5.74) is 2.44. The van der Waals surface area contributed by atoms with E-state index in [1.165, 1.54) is 0 Å². The minimum Gasteiger partial charge on any atom is -0.465 e. The highest BCUT2D eigenvalue weighted by Gasteiger charge is 2.33. The number of hydrogen-bond donors (Lipinski definition) is 1. The Bertz CT molecular complexity index is 169. The predicted molar refractivity (Wildman–Crippen MR) is 52.2 cm³/mol. The average Bonchev–Trinajstić information content (AvgIpc) is 2.05. The number of nitrogens with one attached hydrogen (secondary N) is 1. The number of hydrogen-bond acceptors (Lipinski definition) is 4. The van der Waals surface area contributed by atoms with Gasteiger partial charge in [0, 0.05) is 13.6 Å². The van der Waals surface area contributed by atoms with Crippen LogP contribution in [0.2, 0.25) is 0 Å². The first-order valence-corrected chi connectivity index (χ1v) is 4.61. The largest absolute Gasteiger partial charge is 0.465 e. The van der Waals surface area contributed by atoms with Gasteiger partial charge in [-0.25, -0.2) is 5.01 Å². The first kappa shape index (κ1) is 12.4. The van der Waals surface area contributed by atoms with Gasteiger partial charge in [0.2, 0.25) is 0 Å². The van der Waals surface area contributed by atoms with Gasteiger partial charge in [-0.3, -0.25) is 10.2 Å². The minimum atomic E-state index is -0.619. The van der Waals surface area contributed by atoms with Crippen LogP contribution in [0.1, 0.15) is 27.7 Å². The third-order valence-electron chi connectivity index (χ3n) is 2.01. The summed E-state index contributed by atoms with van der Waals surface area (Å²) in [6, 6.07) is 0. The van der Waals surface area contributed by atoms with E-state index >= 15 is 0 Å². The van der Waals surface area contributed by atoms with Crippen LogP contribution in [0.5, 0.6) is 0 Å². The van der Waals surface area contributed by atoms with Gasteiger partial charge >= 0.3 is 5.97 Å². The van der Waals surface area contributed by atoms with Gasteiger partial charge in [0.1, 0.15) is 5.54 Å². The molecule has 0 aromatic heterocycles. The maximum atomic E-state index is 11.5. The molecule has 78 valence electrons. The molecule has 0 aliphatic rings. The van der Waals surface area contributed by atoms with Crippen molar-refractivity contribution in [3.05, 3.63) is 0 Å². The van der Waals surface area contributed by atoms with Gasteiger partial charge in [-0.1, -0.05) is 6.92 Å². The molecule has 0 bridgehead atoms. The minimum absolute atomic E-state index is 0.210. The van der Waals surface area contributed by atoms with E-state index in [4.69, 9.17) is 4.74 Å². The number of hydrazine groups is 1. The lowest BCUT2D eigenvalue weighted by atomic mass is 10.1. The van der Waals surface area contributed by atoms with E-state index in [1.807, 2.05) is 27.8 Å². The monoisotopic (exact) mass is 188 g/mol. The van der Waals surface area contributed by atoms with Crippen LogP contribution < -0.4 is 5.43 Å². The average molecular weight is 188 g/mol. The van der Waals surface area contributed by atoms with E-state index in [0.717, 1.165) is 6.54 Å². The van der Waals surface area contributed by atoms with Gasteiger partial charge < -0.3 is 4.74 Å². The second kappa shape index (κ2) is 5.19. The maximum Gasteiger partial charge on any atom is 0.327 e. The van der Waals surface area contributed by atoms with Crippen LogP contribution in [0.4, 0.5) is 0 Å². The van der Waals surface area contributed by atoms with Gasteiger partial charge in [-0.15, -0.1) is 0 Å². The second-order valence-electron chi connectivity index (χ2n) is 3.35. The maximum absolute atomic E-state index is 11.5. The van der Waals surface area contributed by atoms with Crippen LogP contribution in [0.15, 0.2) is 0 Å². The molecule has 0 aromatic carbocycles. The van der Waals surface area contributed by atoms with E-state index in [1.54, 1.807) is 11.9 Å². The van der Waals surface area contributed by atoms with Crippen molar-refractivity contribution in [2.75, 3.05) is 20.2 Å². The van der Waals surface area contributed by atoms with E-state index in [0.29, 0.717) is 6.61 Å². The molecule has 0 saturated carbocycles. The number of nitrogens with zero attached hydrogens (tertiary/aromatic N) is 1. The number of likely N-dealkylation sites (N-methyl/N-ethyl adjacent to an activating group) is 1. The third-order valence-corrected chi connectivity index (χ3v) is 2.01. The number of ether oxygens (including phenoxy) is 1. The Balaban J connectivity index is 4.26. The normalized spacial score (nSPS) is 11.8. The smallest absolute Gasteiger partial charge is 0.327 e. The van der Waals surface area contributed by atoms with Crippen molar-refractivity contribution in [3.63, 3.8) is 0 Å². The van der Waals surface area contributed by atoms with Crippen LogP contribution in [0.3, 0.4) is 0 Å². The first-order valence-electron chi connectivity index (χ1n) is 4.61. The summed E-state index contributed by atoms with van der Waals surface area (Å²) >= 11 is 0. The lowest BCUT2D eigenvalue weighted by molar-refractivity contribution is -0.156. The van der Waals surface area contributed by atoms with Gasteiger partial charge in [-0.05, 0) is 20.8 Å². The zero-order valence-electron chi connectivity index (χ0n) is 9.18. The Morgan fingerprint density at radius 3 is 2.38 bits per heavy atom. The number of rotatable bonds is 5. The molecular formula is C9H20N2O2. The standard InChI is InChI=1S/C9H20N2O2/c1-6-10-11(5)9(3,4)8(12)13-7-2/h10H,6-7H2,1-5H3. The molecule has 0 spiro atoms. The Morgan fingerprint density at radius 2 is 2.00 bits per heavy atom. The molecule has 0 aromatic rings. The van der Waals surface area contributed by atoms with Crippen LogP contribution in [0, 0.1) is 0 Å². The van der Waals surface area contributed by atoms with E-state index in [-0.39, 0.29) is 5.97 Å². The van der Waals surface area contributed by atoms with Crippen molar-refractivity contribution < 1.29 is 9.53 Å². The molecule has 0 aliphatic heterocycles. The summed E-state index contributed by atoms with van der Waals surface area (Å²) in [6.07, 6.45) is 0. The molecule has 13 heavy (non-hydrogen) atoms. The van der Waals surface area contributed by atoms with E-state index < -0.39 is 5.54 Å². The third kappa shape index (κ3) is 3.32. The summed E-state index contributed by atoms with van der Waals surface area (Å²) in [4.78, 5) is 11.5. The molecule has 0 atom stereocenters. The van der Waals surface area contributed by atoms with Crippen molar-refractivity contribution in [1.82, 2.24) is 10.4 Å². The molecule has 0 fully saturated rings. The Labute approximate surface area is 80.2 Å². The molecule has 0 aliphatic carbocycles. The summed E-state index contributed by atoms with van der Waals surface area (Å²) in [5.74, 6) is -0.210. The molecule has 0 rings (SSSR count). The van der Waals surface area contributed by atoms with Crippen molar-refractivity contribution in [1.29, 1.82) is 0 Å².